The largest absolute Gasteiger partial charge is 0.497 e. The van der Waals surface area contributed by atoms with Gasteiger partial charge in [0.2, 0.25) is 0 Å². The number of anilines is 1. The molecule has 2 aromatic rings. The number of nitrogens with one attached hydrogen (secondary N) is 1. The van der Waals surface area contributed by atoms with E-state index in [1.54, 1.807) is 44.6 Å². The van der Waals surface area contributed by atoms with Gasteiger partial charge in [0, 0.05) is 16.1 Å². The van der Waals surface area contributed by atoms with Crippen molar-refractivity contribution < 1.29 is 13.9 Å². The van der Waals surface area contributed by atoms with Gasteiger partial charge in [0.1, 0.15) is 17.3 Å². The molecule has 2 aromatic carbocycles. The highest BCUT2D eigenvalue weighted by Gasteiger charge is 2.07. The molecule has 122 valence electrons. The molecule has 0 spiro atoms. The first-order valence-electron chi connectivity index (χ1n) is 6.76. The van der Waals surface area contributed by atoms with E-state index in [9.17, 15) is 4.39 Å². The molecule has 0 fully saturated rings. The summed E-state index contributed by atoms with van der Waals surface area (Å²) in [5.41, 5.74) is 6.92. The van der Waals surface area contributed by atoms with Crippen LogP contribution >= 0.6 is 15.9 Å². The lowest BCUT2D eigenvalue weighted by Gasteiger charge is -2.12. The predicted molar refractivity (Wildman–Crippen MR) is 92.6 cm³/mol. The van der Waals surface area contributed by atoms with Crippen LogP contribution < -0.4 is 20.5 Å². The van der Waals surface area contributed by atoms with E-state index in [2.05, 4.69) is 26.2 Å². The van der Waals surface area contributed by atoms with E-state index in [4.69, 9.17) is 15.2 Å². The summed E-state index contributed by atoms with van der Waals surface area (Å²) in [6.45, 7) is 0.121. The first-order chi connectivity index (χ1) is 11.0. The lowest BCUT2D eigenvalue weighted by molar-refractivity contribution is 0.405. The number of ether oxygens (including phenoxy) is 2. The second kappa shape index (κ2) is 7.82. The Hall–Kier alpha value is -2.28. The average Bonchev–Trinajstić information content (AvgIpc) is 2.55. The Morgan fingerprint density at radius 2 is 2.00 bits per heavy atom. The molecule has 2 rings (SSSR count). The first kappa shape index (κ1) is 17.1. The third-order valence-electron chi connectivity index (χ3n) is 3.10. The Kier molecular flexibility index (Phi) is 5.81. The zero-order chi connectivity index (χ0) is 16.8. The molecule has 0 amide bonds. The van der Waals surface area contributed by atoms with Gasteiger partial charge in [0.05, 0.1) is 26.5 Å². The van der Waals surface area contributed by atoms with Crippen molar-refractivity contribution in [3.63, 3.8) is 0 Å². The van der Waals surface area contributed by atoms with Crippen molar-refractivity contribution in [1.29, 1.82) is 0 Å². The Balaban J connectivity index is 2.15. The number of hydrogen-bond acceptors (Lipinski definition) is 3. The summed E-state index contributed by atoms with van der Waals surface area (Å²) in [4.78, 5) is 4.15. The molecule has 0 radical (unpaired) electrons. The summed E-state index contributed by atoms with van der Waals surface area (Å²) in [5.74, 6) is 1.07. The van der Waals surface area contributed by atoms with E-state index in [0.717, 1.165) is 4.47 Å². The smallest absolute Gasteiger partial charge is 0.193 e. The third kappa shape index (κ3) is 4.59. The lowest BCUT2D eigenvalue weighted by atomic mass is 10.2. The van der Waals surface area contributed by atoms with Crippen LogP contribution in [0, 0.1) is 5.82 Å². The zero-order valence-electron chi connectivity index (χ0n) is 12.8. The Bertz CT molecular complexity index is 722. The predicted octanol–water partition coefficient (Wildman–Crippen LogP) is 3.53. The highest BCUT2D eigenvalue weighted by Crippen LogP contribution is 2.28. The van der Waals surface area contributed by atoms with E-state index in [-0.39, 0.29) is 18.3 Å². The Labute approximate surface area is 142 Å². The molecule has 3 N–H and O–H groups in total. The van der Waals surface area contributed by atoms with E-state index < -0.39 is 0 Å². The summed E-state index contributed by atoms with van der Waals surface area (Å²) < 4.78 is 24.9. The lowest BCUT2D eigenvalue weighted by Crippen LogP contribution is -2.23. The van der Waals surface area contributed by atoms with Crippen LogP contribution in [-0.2, 0) is 6.54 Å². The van der Waals surface area contributed by atoms with Crippen molar-refractivity contribution in [3.8, 4) is 11.5 Å². The molecule has 0 aliphatic heterocycles. The van der Waals surface area contributed by atoms with Gasteiger partial charge in [-0.1, -0.05) is 15.9 Å². The monoisotopic (exact) mass is 381 g/mol. The van der Waals surface area contributed by atoms with E-state index in [1.165, 1.54) is 6.07 Å². The maximum Gasteiger partial charge on any atom is 0.193 e. The van der Waals surface area contributed by atoms with Gasteiger partial charge in [-0.3, -0.25) is 0 Å². The summed E-state index contributed by atoms with van der Waals surface area (Å²) in [6.07, 6.45) is 0. The van der Waals surface area contributed by atoms with Gasteiger partial charge in [-0.05, 0) is 30.3 Å². The van der Waals surface area contributed by atoms with Crippen LogP contribution in [0.2, 0.25) is 0 Å². The molecule has 0 bridgehead atoms. The molecule has 0 saturated carbocycles. The molecular weight excluding hydrogens is 365 g/mol. The van der Waals surface area contributed by atoms with E-state index >= 15 is 0 Å². The normalized spacial score (nSPS) is 11.2. The van der Waals surface area contributed by atoms with E-state index in [1.807, 2.05) is 0 Å². The van der Waals surface area contributed by atoms with Crippen LogP contribution in [0.15, 0.2) is 45.9 Å². The SMILES string of the molecule is COc1ccc(OC)c(NC(N)=NCc2cc(Br)ccc2F)c1. The highest BCUT2D eigenvalue weighted by atomic mass is 79.9. The number of halogens is 2. The topological polar surface area (TPSA) is 68.9 Å². The van der Waals surface area contributed by atoms with Crippen molar-refractivity contribution in [1.82, 2.24) is 0 Å². The third-order valence-corrected chi connectivity index (χ3v) is 3.59. The Morgan fingerprint density at radius 3 is 2.70 bits per heavy atom. The van der Waals surface area contributed by atoms with Gasteiger partial charge in [0.15, 0.2) is 5.96 Å². The van der Waals surface area contributed by atoms with Gasteiger partial charge in [0.25, 0.3) is 0 Å². The minimum absolute atomic E-state index is 0.121. The first-order valence-corrected chi connectivity index (χ1v) is 7.55. The second-order valence-corrected chi connectivity index (χ2v) is 5.54. The zero-order valence-corrected chi connectivity index (χ0v) is 14.4. The maximum atomic E-state index is 13.7. The van der Waals surface area contributed by atoms with Crippen LogP contribution in [0.5, 0.6) is 11.5 Å². The fraction of sp³-hybridized carbons (Fsp3) is 0.188. The Morgan fingerprint density at radius 1 is 1.22 bits per heavy atom. The van der Waals surface area contributed by atoms with Crippen LogP contribution in [0.25, 0.3) is 0 Å². The molecule has 5 nitrogen and oxygen atoms in total. The highest BCUT2D eigenvalue weighted by molar-refractivity contribution is 9.10. The summed E-state index contributed by atoms with van der Waals surface area (Å²) >= 11 is 3.30. The van der Waals surface area contributed by atoms with Crippen LogP contribution in [-0.4, -0.2) is 20.2 Å². The van der Waals surface area contributed by atoms with Crippen molar-refractivity contribution in [2.24, 2.45) is 10.7 Å². The fourth-order valence-electron chi connectivity index (χ4n) is 1.92. The summed E-state index contributed by atoms with van der Waals surface area (Å²) in [5, 5.41) is 2.93. The van der Waals surface area contributed by atoms with Gasteiger partial charge in [-0.15, -0.1) is 0 Å². The van der Waals surface area contributed by atoms with Crippen LogP contribution in [0.3, 0.4) is 0 Å². The van der Waals surface area contributed by atoms with E-state index in [0.29, 0.717) is 22.7 Å². The van der Waals surface area contributed by atoms with Gasteiger partial charge < -0.3 is 20.5 Å². The second-order valence-electron chi connectivity index (χ2n) is 4.63. The van der Waals surface area contributed by atoms with Gasteiger partial charge in [-0.25, -0.2) is 9.38 Å². The quantitative estimate of drug-likeness (QED) is 0.613. The van der Waals surface area contributed by atoms with Gasteiger partial charge in [-0.2, -0.15) is 0 Å². The molecule has 23 heavy (non-hydrogen) atoms. The molecular formula is C16H17BrFN3O2. The van der Waals surface area contributed by atoms with Gasteiger partial charge >= 0.3 is 0 Å². The number of nitrogens with zero attached hydrogens (tertiary/aromatic N) is 1. The average molecular weight is 382 g/mol. The molecule has 0 saturated heterocycles. The van der Waals surface area contributed by atoms with Crippen LogP contribution in [0.4, 0.5) is 10.1 Å². The van der Waals surface area contributed by atoms with Crippen molar-refractivity contribution >= 4 is 27.6 Å². The van der Waals surface area contributed by atoms with Crippen molar-refractivity contribution in [2.75, 3.05) is 19.5 Å². The fourth-order valence-corrected chi connectivity index (χ4v) is 2.33. The summed E-state index contributed by atoms with van der Waals surface area (Å²) in [6, 6.07) is 9.94. The molecule has 7 heteroatoms. The molecule has 0 aromatic heterocycles. The maximum absolute atomic E-state index is 13.7. The number of nitrogens with two attached hydrogens (primary N) is 1. The summed E-state index contributed by atoms with van der Waals surface area (Å²) in [7, 11) is 3.12. The molecule has 0 aliphatic carbocycles. The standard InChI is InChI=1S/C16H17BrFN3O2/c1-22-12-4-6-15(23-2)14(8-12)21-16(19)20-9-10-7-11(17)3-5-13(10)18/h3-8H,9H2,1-2H3,(H3,19,20,21). The number of hydrogen-bond donors (Lipinski definition) is 2. The van der Waals surface area contributed by atoms with Crippen LogP contribution in [0.1, 0.15) is 5.56 Å². The number of guanidine groups is 1. The molecule has 0 unspecified atom stereocenters. The molecule has 0 atom stereocenters. The minimum Gasteiger partial charge on any atom is -0.497 e. The number of aliphatic imine (C=N–C) groups is 1. The molecule has 0 aliphatic rings. The van der Waals surface area contributed by atoms with Crippen molar-refractivity contribution in [2.45, 2.75) is 6.54 Å². The van der Waals surface area contributed by atoms with Crippen molar-refractivity contribution in [3.05, 3.63) is 52.3 Å². The molecule has 0 heterocycles. The minimum atomic E-state index is -0.330. The number of rotatable bonds is 5. The number of benzene rings is 2. The number of methoxy groups -OCH3 is 2.